The van der Waals surface area contributed by atoms with E-state index in [1.165, 1.54) is 13.0 Å². The van der Waals surface area contributed by atoms with Crippen LogP contribution in [0.5, 0.6) is 0 Å². The first kappa shape index (κ1) is 17.2. The molecule has 0 unspecified atom stereocenters. The Hall–Kier alpha value is -2.25. The number of aromatic nitrogens is 4. The van der Waals surface area contributed by atoms with Crippen molar-refractivity contribution in [1.29, 1.82) is 0 Å². The zero-order chi connectivity index (χ0) is 17.9. The minimum absolute atomic E-state index is 0.822. The van der Waals surface area contributed by atoms with Crippen LogP contribution in [0.4, 0.5) is 5.95 Å². The molecule has 3 aromatic rings. The number of anilines is 1. The first-order valence-electron chi connectivity index (χ1n) is 9.12. The molecule has 1 aliphatic heterocycles. The van der Waals surface area contributed by atoms with E-state index in [0.717, 1.165) is 54.1 Å². The van der Waals surface area contributed by atoms with Crippen LogP contribution in [0.2, 0.25) is 0 Å². The van der Waals surface area contributed by atoms with Crippen LogP contribution in [0.15, 0.2) is 36.1 Å². The van der Waals surface area contributed by atoms with Crippen molar-refractivity contribution in [3.63, 3.8) is 0 Å². The van der Waals surface area contributed by atoms with Crippen LogP contribution in [0, 0.1) is 0 Å². The number of aryl methyl sites for hydroxylation is 1. The predicted molar refractivity (Wildman–Crippen MR) is 106 cm³/mol. The zero-order valence-corrected chi connectivity index (χ0v) is 16.1. The first-order chi connectivity index (χ1) is 12.8. The number of hydrogen-bond acceptors (Lipinski definition) is 6. The first-order valence-corrected chi connectivity index (χ1v) is 10.00. The predicted octanol–water partition coefficient (Wildman–Crippen LogP) is 3.14. The lowest BCUT2D eigenvalue weighted by Gasteiger charge is -2.34. The van der Waals surface area contributed by atoms with Crippen molar-refractivity contribution >= 4 is 17.3 Å². The van der Waals surface area contributed by atoms with Crippen LogP contribution in [0.25, 0.3) is 22.0 Å². The molecule has 0 atom stereocenters. The summed E-state index contributed by atoms with van der Waals surface area (Å²) in [5.74, 6) is 1.72. The summed E-state index contributed by atoms with van der Waals surface area (Å²) in [5, 5.41) is 2.09. The topological polar surface area (TPSA) is 50.1 Å². The van der Waals surface area contributed by atoms with Gasteiger partial charge in [-0.2, -0.15) is 0 Å². The minimum Gasteiger partial charge on any atom is -0.338 e. The van der Waals surface area contributed by atoms with E-state index in [4.69, 9.17) is 4.98 Å². The molecule has 26 heavy (non-hydrogen) atoms. The van der Waals surface area contributed by atoms with Crippen LogP contribution < -0.4 is 4.90 Å². The molecule has 6 nitrogen and oxygen atoms in total. The second-order valence-corrected chi connectivity index (χ2v) is 7.55. The SMILES string of the molecule is CCCN1CCN(c2ncc(-c3nccn3C)c(-c3cccs3)n2)CC1. The van der Waals surface area contributed by atoms with Crippen molar-refractivity contribution in [2.45, 2.75) is 13.3 Å². The maximum Gasteiger partial charge on any atom is 0.226 e. The highest BCUT2D eigenvalue weighted by atomic mass is 32.1. The number of rotatable bonds is 5. The Morgan fingerprint density at radius 3 is 2.65 bits per heavy atom. The monoisotopic (exact) mass is 368 g/mol. The highest BCUT2D eigenvalue weighted by molar-refractivity contribution is 7.13. The van der Waals surface area contributed by atoms with E-state index in [-0.39, 0.29) is 0 Å². The maximum atomic E-state index is 4.96. The van der Waals surface area contributed by atoms with Gasteiger partial charge in [-0.3, -0.25) is 4.90 Å². The molecular formula is C19H24N6S. The molecule has 0 aliphatic carbocycles. The molecule has 4 rings (SSSR count). The molecule has 4 heterocycles. The van der Waals surface area contributed by atoms with Crippen molar-refractivity contribution < 1.29 is 0 Å². The second kappa shape index (κ2) is 7.55. The Labute approximate surface area is 158 Å². The quantitative estimate of drug-likeness (QED) is 0.692. The largest absolute Gasteiger partial charge is 0.338 e. The molecule has 1 aliphatic rings. The summed E-state index contributed by atoms with van der Waals surface area (Å²) in [6.07, 6.45) is 6.90. The Bertz CT molecular complexity index is 849. The van der Waals surface area contributed by atoms with Crippen molar-refractivity contribution in [2.24, 2.45) is 7.05 Å². The van der Waals surface area contributed by atoms with E-state index in [1.54, 1.807) is 11.3 Å². The van der Waals surface area contributed by atoms with E-state index in [9.17, 15) is 0 Å². The summed E-state index contributed by atoms with van der Waals surface area (Å²) in [5.41, 5.74) is 1.95. The van der Waals surface area contributed by atoms with Crippen LogP contribution in [-0.2, 0) is 7.05 Å². The highest BCUT2D eigenvalue weighted by Gasteiger charge is 2.21. The number of nitrogens with zero attached hydrogens (tertiary/aromatic N) is 6. The van der Waals surface area contributed by atoms with Crippen molar-refractivity contribution in [2.75, 3.05) is 37.6 Å². The molecule has 0 N–H and O–H groups in total. The average molecular weight is 369 g/mol. The van der Waals surface area contributed by atoms with Gasteiger partial charge in [0, 0.05) is 51.8 Å². The van der Waals surface area contributed by atoms with Gasteiger partial charge >= 0.3 is 0 Å². The molecule has 0 aromatic carbocycles. The molecule has 0 spiro atoms. The van der Waals surface area contributed by atoms with Gasteiger partial charge in [-0.1, -0.05) is 13.0 Å². The normalized spacial score (nSPS) is 15.5. The molecule has 0 radical (unpaired) electrons. The molecular weight excluding hydrogens is 344 g/mol. The second-order valence-electron chi connectivity index (χ2n) is 6.60. The van der Waals surface area contributed by atoms with Gasteiger partial charge in [0.2, 0.25) is 5.95 Å². The molecule has 0 amide bonds. The molecule has 0 saturated carbocycles. The lowest BCUT2D eigenvalue weighted by molar-refractivity contribution is 0.257. The van der Waals surface area contributed by atoms with Gasteiger partial charge in [-0.15, -0.1) is 11.3 Å². The third-order valence-corrected chi connectivity index (χ3v) is 5.66. The third-order valence-electron chi connectivity index (χ3n) is 4.79. The lowest BCUT2D eigenvalue weighted by Crippen LogP contribution is -2.47. The fourth-order valence-corrected chi connectivity index (χ4v) is 4.13. The smallest absolute Gasteiger partial charge is 0.226 e. The molecule has 1 saturated heterocycles. The average Bonchev–Trinajstić information content (AvgIpc) is 3.34. The number of imidazole rings is 1. The summed E-state index contributed by atoms with van der Waals surface area (Å²) < 4.78 is 2.01. The van der Waals surface area contributed by atoms with Crippen molar-refractivity contribution in [3.8, 4) is 22.0 Å². The molecule has 0 bridgehead atoms. The maximum absolute atomic E-state index is 4.96. The van der Waals surface area contributed by atoms with Crippen LogP contribution in [0.1, 0.15) is 13.3 Å². The fraction of sp³-hybridized carbons (Fsp3) is 0.421. The Morgan fingerprint density at radius 1 is 1.15 bits per heavy atom. The fourth-order valence-electron chi connectivity index (χ4n) is 3.40. The van der Waals surface area contributed by atoms with Gasteiger partial charge in [0.25, 0.3) is 0 Å². The Kier molecular flexibility index (Phi) is 4.99. The van der Waals surface area contributed by atoms with Gasteiger partial charge in [-0.25, -0.2) is 15.0 Å². The van der Waals surface area contributed by atoms with Crippen LogP contribution >= 0.6 is 11.3 Å². The Morgan fingerprint density at radius 2 is 2.00 bits per heavy atom. The summed E-state index contributed by atoms with van der Waals surface area (Å²) in [7, 11) is 2.00. The standard InChI is InChI=1S/C19H24N6S/c1-3-7-24-9-11-25(12-10-24)19-21-14-15(18-20-6-8-23(18)2)17(22-19)16-5-4-13-26-16/h4-6,8,13-14H,3,7,9-12H2,1-2H3. The van der Waals surface area contributed by atoms with Gasteiger partial charge in [0.1, 0.15) is 5.82 Å². The number of hydrogen-bond donors (Lipinski definition) is 0. The number of thiophene rings is 1. The lowest BCUT2D eigenvalue weighted by atomic mass is 10.2. The molecule has 3 aromatic heterocycles. The number of piperazine rings is 1. The summed E-state index contributed by atoms with van der Waals surface area (Å²) >= 11 is 1.70. The third kappa shape index (κ3) is 3.37. The van der Waals surface area contributed by atoms with Gasteiger partial charge in [-0.05, 0) is 24.4 Å². The van der Waals surface area contributed by atoms with Crippen molar-refractivity contribution in [1.82, 2.24) is 24.4 Å². The van der Waals surface area contributed by atoms with Gasteiger partial charge in [0.05, 0.1) is 16.1 Å². The van der Waals surface area contributed by atoms with E-state index >= 15 is 0 Å². The van der Waals surface area contributed by atoms with E-state index in [0.29, 0.717) is 0 Å². The zero-order valence-electron chi connectivity index (χ0n) is 15.3. The Balaban J connectivity index is 1.66. The van der Waals surface area contributed by atoms with E-state index in [1.807, 2.05) is 30.2 Å². The molecule has 136 valence electrons. The highest BCUT2D eigenvalue weighted by Crippen LogP contribution is 2.33. The van der Waals surface area contributed by atoms with Gasteiger partial charge < -0.3 is 9.47 Å². The van der Waals surface area contributed by atoms with Crippen LogP contribution in [-0.4, -0.2) is 57.1 Å². The van der Waals surface area contributed by atoms with E-state index < -0.39 is 0 Å². The van der Waals surface area contributed by atoms with Gasteiger partial charge in [0.15, 0.2) is 0 Å². The summed E-state index contributed by atoms with van der Waals surface area (Å²) in [4.78, 5) is 20.1. The molecule has 1 fully saturated rings. The summed E-state index contributed by atoms with van der Waals surface area (Å²) in [6, 6.07) is 4.18. The van der Waals surface area contributed by atoms with E-state index in [2.05, 4.69) is 44.2 Å². The molecule has 7 heteroatoms. The summed E-state index contributed by atoms with van der Waals surface area (Å²) in [6.45, 7) is 7.52. The minimum atomic E-state index is 0.822. The van der Waals surface area contributed by atoms with Crippen LogP contribution in [0.3, 0.4) is 0 Å². The van der Waals surface area contributed by atoms with Crippen molar-refractivity contribution in [3.05, 3.63) is 36.1 Å².